The molecule has 0 saturated heterocycles. The smallest absolute Gasteiger partial charge is 0.00784 e. The van der Waals surface area contributed by atoms with Crippen molar-refractivity contribution in [2.45, 2.75) is 24.7 Å². The van der Waals surface area contributed by atoms with Crippen molar-refractivity contribution in [1.82, 2.24) is 5.32 Å². The summed E-state index contributed by atoms with van der Waals surface area (Å²) >= 11 is 0. The molecule has 2 rings (SSSR count). The van der Waals surface area contributed by atoms with E-state index < -0.39 is 0 Å². The van der Waals surface area contributed by atoms with E-state index in [9.17, 15) is 0 Å². The van der Waals surface area contributed by atoms with Crippen LogP contribution in [0.2, 0.25) is 0 Å². The summed E-state index contributed by atoms with van der Waals surface area (Å²) in [5.41, 5.74) is 7.40. The lowest BCUT2D eigenvalue weighted by Crippen LogP contribution is -2.28. The van der Waals surface area contributed by atoms with Crippen LogP contribution >= 0.6 is 0 Å². The molecule has 2 nitrogen and oxygen atoms in total. The third-order valence-corrected chi connectivity index (χ3v) is 3.26. The Labute approximate surface area is 91.9 Å². The maximum atomic E-state index is 5.47. The molecule has 0 aliphatic heterocycles. The Kier molecular flexibility index (Phi) is 3.39. The van der Waals surface area contributed by atoms with Gasteiger partial charge in [0.25, 0.3) is 0 Å². The van der Waals surface area contributed by atoms with Gasteiger partial charge in [-0.2, -0.15) is 0 Å². The standard InChI is InChI=1S/C13H20N2/c14-9-4-10-15-11-13(7-8-13)12-5-2-1-3-6-12/h1-3,5-6,15H,4,7-11,14H2. The number of nitrogens with one attached hydrogen (secondary N) is 1. The molecule has 0 atom stereocenters. The highest BCUT2D eigenvalue weighted by Crippen LogP contribution is 2.47. The summed E-state index contributed by atoms with van der Waals surface area (Å²) in [6, 6.07) is 10.8. The number of rotatable bonds is 6. The molecule has 1 aromatic rings. The van der Waals surface area contributed by atoms with Crippen LogP contribution in [0.3, 0.4) is 0 Å². The first-order chi connectivity index (χ1) is 7.37. The second-order valence-corrected chi connectivity index (χ2v) is 4.47. The summed E-state index contributed by atoms with van der Waals surface area (Å²) < 4.78 is 0. The fraction of sp³-hybridized carbons (Fsp3) is 0.538. The molecule has 0 radical (unpaired) electrons. The zero-order chi connectivity index (χ0) is 10.6. The topological polar surface area (TPSA) is 38.0 Å². The Morgan fingerprint density at radius 2 is 1.93 bits per heavy atom. The van der Waals surface area contributed by atoms with Crippen molar-refractivity contribution in [2.24, 2.45) is 5.73 Å². The summed E-state index contributed by atoms with van der Waals surface area (Å²) in [5, 5.41) is 3.51. The molecule has 1 aliphatic rings. The molecule has 82 valence electrons. The highest BCUT2D eigenvalue weighted by atomic mass is 14.9. The van der Waals surface area contributed by atoms with Crippen LogP contribution in [0, 0.1) is 0 Å². The van der Waals surface area contributed by atoms with Gasteiger partial charge in [0.15, 0.2) is 0 Å². The number of nitrogens with two attached hydrogens (primary N) is 1. The van der Waals surface area contributed by atoms with Gasteiger partial charge in [0.05, 0.1) is 0 Å². The Bertz CT molecular complexity index is 291. The Hall–Kier alpha value is -0.860. The van der Waals surface area contributed by atoms with Crippen LogP contribution in [0.15, 0.2) is 30.3 Å². The minimum atomic E-state index is 0.440. The van der Waals surface area contributed by atoms with Crippen LogP contribution < -0.4 is 11.1 Å². The summed E-state index contributed by atoms with van der Waals surface area (Å²) in [4.78, 5) is 0. The lowest BCUT2D eigenvalue weighted by atomic mass is 9.96. The van der Waals surface area contributed by atoms with E-state index in [1.165, 1.54) is 18.4 Å². The van der Waals surface area contributed by atoms with E-state index in [4.69, 9.17) is 5.73 Å². The normalized spacial score (nSPS) is 17.7. The molecule has 2 heteroatoms. The molecule has 0 bridgehead atoms. The SMILES string of the molecule is NCCCNCC1(c2ccccc2)CC1. The van der Waals surface area contributed by atoms with Crippen molar-refractivity contribution < 1.29 is 0 Å². The van der Waals surface area contributed by atoms with E-state index in [-0.39, 0.29) is 0 Å². The van der Waals surface area contributed by atoms with Crippen molar-refractivity contribution in [3.63, 3.8) is 0 Å². The Balaban J connectivity index is 1.86. The highest BCUT2D eigenvalue weighted by molar-refractivity contribution is 5.31. The average molecular weight is 204 g/mol. The molecule has 3 N–H and O–H groups in total. The molecule has 0 aromatic heterocycles. The van der Waals surface area contributed by atoms with E-state index in [0.717, 1.165) is 26.1 Å². The van der Waals surface area contributed by atoms with Crippen molar-refractivity contribution in [3.05, 3.63) is 35.9 Å². The molecule has 15 heavy (non-hydrogen) atoms. The molecule has 0 unspecified atom stereocenters. The predicted molar refractivity (Wildman–Crippen MR) is 63.9 cm³/mol. The van der Waals surface area contributed by atoms with Gasteiger partial charge in [0, 0.05) is 12.0 Å². The Morgan fingerprint density at radius 3 is 2.53 bits per heavy atom. The van der Waals surface area contributed by atoms with Crippen LogP contribution in [-0.2, 0) is 5.41 Å². The van der Waals surface area contributed by atoms with Crippen LogP contribution in [-0.4, -0.2) is 19.6 Å². The summed E-state index contributed by atoms with van der Waals surface area (Å²) in [6.07, 6.45) is 3.73. The average Bonchev–Trinajstić information content (AvgIpc) is 3.07. The molecule has 1 aliphatic carbocycles. The van der Waals surface area contributed by atoms with Gasteiger partial charge in [0.2, 0.25) is 0 Å². The maximum absolute atomic E-state index is 5.47. The van der Waals surface area contributed by atoms with E-state index in [2.05, 4.69) is 35.6 Å². The van der Waals surface area contributed by atoms with Gasteiger partial charge in [-0.1, -0.05) is 30.3 Å². The molecule has 1 saturated carbocycles. The van der Waals surface area contributed by atoms with Crippen LogP contribution in [0.4, 0.5) is 0 Å². The first kappa shape index (κ1) is 10.7. The lowest BCUT2D eigenvalue weighted by molar-refractivity contribution is 0.565. The second-order valence-electron chi connectivity index (χ2n) is 4.47. The fourth-order valence-electron chi connectivity index (χ4n) is 2.06. The van der Waals surface area contributed by atoms with Gasteiger partial charge in [-0.15, -0.1) is 0 Å². The second kappa shape index (κ2) is 4.77. The predicted octanol–water partition coefficient (Wildman–Crippen LogP) is 1.66. The zero-order valence-corrected chi connectivity index (χ0v) is 9.21. The van der Waals surface area contributed by atoms with Crippen LogP contribution in [0.5, 0.6) is 0 Å². The largest absolute Gasteiger partial charge is 0.330 e. The van der Waals surface area contributed by atoms with Crippen molar-refractivity contribution in [3.8, 4) is 0 Å². The quantitative estimate of drug-likeness (QED) is 0.692. The monoisotopic (exact) mass is 204 g/mol. The highest BCUT2D eigenvalue weighted by Gasteiger charge is 2.43. The molecular formula is C13H20N2. The first-order valence-electron chi connectivity index (χ1n) is 5.84. The minimum Gasteiger partial charge on any atom is -0.330 e. The van der Waals surface area contributed by atoms with Crippen molar-refractivity contribution in [2.75, 3.05) is 19.6 Å². The van der Waals surface area contributed by atoms with Gasteiger partial charge in [-0.3, -0.25) is 0 Å². The number of hydrogen-bond donors (Lipinski definition) is 2. The van der Waals surface area contributed by atoms with Gasteiger partial charge in [-0.25, -0.2) is 0 Å². The lowest BCUT2D eigenvalue weighted by Gasteiger charge is -2.16. The Morgan fingerprint density at radius 1 is 1.20 bits per heavy atom. The van der Waals surface area contributed by atoms with Crippen molar-refractivity contribution >= 4 is 0 Å². The maximum Gasteiger partial charge on any atom is 0.00784 e. The van der Waals surface area contributed by atoms with E-state index in [1.54, 1.807) is 0 Å². The van der Waals surface area contributed by atoms with E-state index >= 15 is 0 Å². The number of benzene rings is 1. The molecule has 0 amide bonds. The molecule has 1 fully saturated rings. The fourth-order valence-corrected chi connectivity index (χ4v) is 2.06. The van der Waals surface area contributed by atoms with Gasteiger partial charge in [0.1, 0.15) is 0 Å². The number of hydrogen-bond acceptors (Lipinski definition) is 2. The van der Waals surface area contributed by atoms with Gasteiger partial charge >= 0.3 is 0 Å². The molecule has 1 aromatic carbocycles. The summed E-state index contributed by atoms with van der Waals surface area (Å²) in [6.45, 7) is 2.94. The van der Waals surface area contributed by atoms with Crippen LogP contribution in [0.25, 0.3) is 0 Å². The van der Waals surface area contributed by atoms with Gasteiger partial charge < -0.3 is 11.1 Å². The molecular weight excluding hydrogens is 184 g/mol. The zero-order valence-electron chi connectivity index (χ0n) is 9.21. The molecule has 0 heterocycles. The van der Waals surface area contributed by atoms with Gasteiger partial charge in [-0.05, 0) is 37.9 Å². The van der Waals surface area contributed by atoms with E-state index in [1.807, 2.05) is 0 Å². The molecule has 0 spiro atoms. The van der Waals surface area contributed by atoms with Crippen molar-refractivity contribution in [1.29, 1.82) is 0 Å². The minimum absolute atomic E-state index is 0.440. The summed E-state index contributed by atoms with van der Waals surface area (Å²) in [7, 11) is 0. The third-order valence-electron chi connectivity index (χ3n) is 3.26. The summed E-state index contributed by atoms with van der Waals surface area (Å²) in [5.74, 6) is 0. The first-order valence-corrected chi connectivity index (χ1v) is 5.84. The van der Waals surface area contributed by atoms with Crippen LogP contribution in [0.1, 0.15) is 24.8 Å². The van der Waals surface area contributed by atoms with E-state index in [0.29, 0.717) is 5.41 Å². The third kappa shape index (κ3) is 2.58.